The highest BCUT2D eigenvalue weighted by Gasteiger charge is 2.29. The lowest BCUT2D eigenvalue weighted by atomic mass is 9.92. The summed E-state index contributed by atoms with van der Waals surface area (Å²) >= 11 is 6.42. The topological polar surface area (TPSA) is 76.5 Å². The molecule has 0 unspecified atom stereocenters. The molecule has 0 bridgehead atoms. The molecule has 1 aliphatic rings. The summed E-state index contributed by atoms with van der Waals surface area (Å²) in [5.74, 6) is 0.353. The van der Waals surface area contributed by atoms with Gasteiger partial charge in [-0.05, 0) is 31.4 Å². The molecule has 1 aromatic heterocycles. The van der Waals surface area contributed by atoms with Gasteiger partial charge in [0.05, 0.1) is 22.9 Å². The number of carbonyl (C=O) groups excluding carboxylic acids is 2. The monoisotopic (exact) mass is 474 g/mol. The Hall–Kier alpha value is -2.38. The zero-order valence-electron chi connectivity index (χ0n) is 20.1. The molecule has 1 heterocycles. The van der Waals surface area contributed by atoms with Gasteiger partial charge in [-0.25, -0.2) is 4.68 Å². The van der Waals surface area contributed by atoms with Crippen LogP contribution in [0.25, 0.3) is 5.69 Å². The first kappa shape index (κ1) is 25.2. The van der Waals surface area contributed by atoms with Gasteiger partial charge in [0, 0.05) is 37.7 Å². The van der Waals surface area contributed by atoms with Gasteiger partial charge in [0.1, 0.15) is 5.82 Å². The molecule has 33 heavy (non-hydrogen) atoms. The third-order valence-corrected chi connectivity index (χ3v) is 6.27. The number of nitrogens with one attached hydrogen (secondary N) is 1. The summed E-state index contributed by atoms with van der Waals surface area (Å²) < 4.78 is 6.81. The second-order valence-electron chi connectivity index (χ2n) is 9.66. The van der Waals surface area contributed by atoms with Crippen molar-refractivity contribution in [3.05, 3.63) is 41.0 Å². The van der Waals surface area contributed by atoms with Crippen LogP contribution in [0.3, 0.4) is 0 Å². The summed E-state index contributed by atoms with van der Waals surface area (Å²) in [7, 11) is 1.64. The summed E-state index contributed by atoms with van der Waals surface area (Å²) in [5, 5.41) is 8.23. The van der Waals surface area contributed by atoms with Crippen LogP contribution < -0.4 is 5.32 Å². The Morgan fingerprint density at radius 1 is 1.24 bits per heavy atom. The summed E-state index contributed by atoms with van der Waals surface area (Å²) in [5.41, 5.74) is 1.30. The van der Waals surface area contributed by atoms with Crippen LogP contribution in [0.5, 0.6) is 0 Å². The molecule has 0 atom stereocenters. The van der Waals surface area contributed by atoms with E-state index < -0.39 is 0 Å². The van der Waals surface area contributed by atoms with Crippen molar-refractivity contribution in [1.82, 2.24) is 14.7 Å². The number of hydrogen-bond donors (Lipinski definition) is 1. The Kier molecular flexibility index (Phi) is 8.54. The molecule has 1 aromatic carbocycles. The number of halogens is 1. The normalized spacial score (nSPS) is 14.5. The molecular formula is C25H35ClN4O3. The molecule has 3 rings (SSSR count). The number of benzene rings is 1. The molecule has 1 aliphatic carbocycles. The number of carbonyl (C=O) groups is 2. The zero-order valence-corrected chi connectivity index (χ0v) is 20.8. The van der Waals surface area contributed by atoms with Gasteiger partial charge in [0.25, 0.3) is 0 Å². The van der Waals surface area contributed by atoms with Crippen LogP contribution in [0, 0.1) is 5.92 Å². The Labute approximate surface area is 201 Å². The molecule has 0 aliphatic heterocycles. The van der Waals surface area contributed by atoms with E-state index in [0.29, 0.717) is 36.1 Å². The minimum atomic E-state index is -0.257. The third kappa shape index (κ3) is 6.58. The van der Waals surface area contributed by atoms with Gasteiger partial charge in [-0.3, -0.25) is 9.59 Å². The van der Waals surface area contributed by atoms with Gasteiger partial charge in [0.2, 0.25) is 11.8 Å². The Bertz CT molecular complexity index is 961. The lowest BCUT2D eigenvalue weighted by Crippen LogP contribution is -2.41. The predicted molar refractivity (Wildman–Crippen MR) is 131 cm³/mol. The SMILES string of the molecule is COCCCN(CC(=O)Nc1cc(C(C)(C)C)nn1-c1ccccc1Cl)C(=O)C1CCCC1. The van der Waals surface area contributed by atoms with E-state index >= 15 is 0 Å². The molecule has 2 aromatic rings. The average molecular weight is 475 g/mol. The van der Waals surface area contributed by atoms with Crippen molar-refractivity contribution in [1.29, 1.82) is 0 Å². The highest BCUT2D eigenvalue weighted by molar-refractivity contribution is 6.32. The lowest BCUT2D eigenvalue weighted by Gasteiger charge is -2.25. The molecule has 0 saturated heterocycles. The summed E-state index contributed by atoms with van der Waals surface area (Å²) in [6.07, 6.45) is 4.63. The van der Waals surface area contributed by atoms with Crippen LogP contribution in [0.4, 0.5) is 5.82 Å². The molecule has 8 heteroatoms. The maximum atomic E-state index is 13.1. The Balaban J connectivity index is 1.81. The van der Waals surface area contributed by atoms with Crippen molar-refractivity contribution >= 4 is 29.2 Å². The van der Waals surface area contributed by atoms with E-state index in [9.17, 15) is 9.59 Å². The summed E-state index contributed by atoms with van der Waals surface area (Å²) in [6, 6.07) is 9.25. The number of hydrogen-bond acceptors (Lipinski definition) is 4. The highest BCUT2D eigenvalue weighted by Crippen LogP contribution is 2.29. The Morgan fingerprint density at radius 2 is 1.94 bits per heavy atom. The van der Waals surface area contributed by atoms with Crippen molar-refractivity contribution in [2.24, 2.45) is 5.92 Å². The number of para-hydroxylation sites is 1. The molecule has 1 fully saturated rings. The van der Waals surface area contributed by atoms with Crippen LogP contribution in [0.2, 0.25) is 5.02 Å². The maximum absolute atomic E-state index is 13.1. The second kappa shape index (κ2) is 11.2. The standard InChI is InChI=1S/C25H35ClN4O3/c1-25(2,3)21-16-22(30(28-21)20-13-8-7-12-19(20)26)27-23(31)17-29(14-9-15-33-4)24(32)18-10-5-6-11-18/h7-8,12-13,16,18H,5-6,9-11,14-15,17H2,1-4H3,(H,27,31). The summed E-state index contributed by atoms with van der Waals surface area (Å²) in [4.78, 5) is 27.8. The zero-order chi connectivity index (χ0) is 24.0. The van der Waals surface area contributed by atoms with Crippen LogP contribution in [0.1, 0.15) is 58.6 Å². The fourth-order valence-corrected chi connectivity index (χ4v) is 4.31. The number of rotatable bonds is 9. The first-order valence-electron chi connectivity index (χ1n) is 11.6. The number of methoxy groups -OCH3 is 1. The fraction of sp³-hybridized carbons (Fsp3) is 0.560. The van der Waals surface area contributed by atoms with Gasteiger partial charge in [-0.2, -0.15) is 5.10 Å². The van der Waals surface area contributed by atoms with Crippen LogP contribution in [-0.2, 0) is 19.7 Å². The lowest BCUT2D eigenvalue weighted by molar-refractivity contribution is -0.138. The third-order valence-electron chi connectivity index (χ3n) is 5.95. The highest BCUT2D eigenvalue weighted by atomic mass is 35.5. The molecule has 7 nitrogen and oxygen atoms in total. The molecule has 1 saturated carbocycles. The number of nitrogens with zero attached hydrogens (tertiary/aromatic N) is 3. The van der Waals surface area contributed by atoms with Gasteiger partial charge in [-0.15, -0.1) is 0 Å². The molecule has 1 N–H and O–H groups in total. The van der Waals surface area contributed by atoms with Gasteiger partial charge in [-0.1, -0.05) is 57.3 Å². The maximum Gasteiger partial charge on any atom is 0.245 e. The first-order chi connectivity index (χ1) is 15.7. The summed E-state index contributed by atoms with van der Waals surface area (Å²) in [6.45, 7) is 7.23. The molecule has 0 spiro atoms. The van der Waals surface area contributed by atoms with Gasteiger partial charge in [0.15, 0.2) is 0 Å². The van der Waals surface area contributed by atoms with Crippen molar-refractivity contribution in [2.45, 2.75) is 58.3 Å². The van der Waals surface area contributed by atoms with E-state index in [0.717, 1.165) is 31.4 Å². The predicted octanol–water partition coefficient (Wildman–Crippen LogP) is 4.82. The van der Waals surface area contributed by atoms with E-state index in [1.165, 1.54) is 0 Å². The first-order valence-corrected chi connectivity index (χ1v) is 12.0. The quantitative estimate of drug-likeness (QED) is 0.529. The number of aromatic nitrogens is 2. The van der Waals surface area contributed by atoms with E-state index in [1.807, 2.05) is 24.3 Å². The van der Waals surface area contributed by atoms with E-state index in [2.05, 4.69) is 26.1 Å². The van der Waals surface area contributed by atoms with Crippen molar-refractivity contribution in [2.75, 3.05) is 32.1 Å². The van der Waals surface area contributed by atoms with E-state index in [-0.39, 0.29) is 29.7 Å². The van der Waals surface area contributed by atoms with Crippen LogP contribution >= 0.6 is 11.6 Å². The van der Waals surface area contributed by atoms with Gasteiger partial charge < -0.3 is 15.0 Å². The molecule has 0 radical (unpaired) electrons. The smallest absolute Gasteiger partial charge is 0.245 e. The number of anilines is 1. The molecular weight excluding hydrogens is 440 g/mol. The van der Waals surface area contributed by atoms with E-state index in [4.69, 9.17) is 21.4 Å². The second-order valence-corrected chi connectivity index (χ2v) is 10.1. The Morgan fingerprint density at radius 3 is 2.58 bits per heavy atom. The van der Waals surface area contributed by atoms with Crippen LogP contribution in [-0.4, -0.2) is 53.3 Å². The van der Waals surface area contributed by atoms with Crippen LogP contribution in [0.15, 0.2) is 30.3 Å². The van der Waals surface area contributed by atoms with Crippen molar-refractivity contribution in [3.8, 4) is 5.69 Å². The number of amides is 2. The molecule has 2 amide bonds. The molecule has 180 valence electrons. The minimum absolute atomic E-state index is 0.00238. The largest absolute Gasteiger partial charge is 0.385 e. The van der Waals surface area contributed by atoms with Gasteiger partial charge >= 0.3 is 0 Å². The fourth-order valence-electron chi connectivity index (χ4n) is 4.10. The average Bonchev–Trinajstić information content (AvgIpc) is 3.43. The van der Waals surface area contributed by atoms with E-state index in [1.54, 1.807) is 22.8 Å². The number of ether oxygens (including phenoxy) is 1. The van der Waals surface area contributed by atoms with Crippen molar-refractivity contribution in [3.63, 3.8) is 0 Å². The minimum Gasteiger partial charge on any atom is -0.385 e. The van der Waals surface area contributed by atoms with Crippen molar-refractivity contribution < 1.29 is 14.3 Å².